The summed E-state index contributed by atoms with van der Waals surface area (Å²) in [4.78, 5) is 13.6. The van der Waals surface area contributed by atoms with Gasteiger partial charge in [0.2, 0.25) is 5.91 Å². The van der Waals surface area contributed by atoms with E-state index in [1.807, 2.05) is 18.9 Å². The Morgan fingerprint density at radius 2 is 2.06 bits per heavy atom. The molecule has 0 fully saturated rings. The number of hydrogen-bond acceptors (Lipinski definition) is 3. The van der Waals surface area contributed by atoms with E-state index in [-0.39, 0.29) is 11.9 Å². The van der Waals surface area contributed by atoms with Gasteiger partial charge in [-0.3, -0.25) is 9.69 Å². The van der Waals surface area contributed by atoms with Crippen molar-refractivity contribution in [3.05, 3.63) is 0 Å². The lowest BCUT2D eigenvalue weighted by atomic mass is 10.1. The van der Waals surface area contributed by atoms with E-state index in [2.05, 4.69) is 12.2 Å². The van der Waals surface area contributed by atoms with Crippen LogP contribution in [0.2, 0.25) is 0 Å². The van der Waals surface area contributed by atoms with E-state index in [1.54, 1.807) is 13.8 Å². The first-order valence-corrected chi connectivity index (χ1v) is 5.98. The number of nitrogens with one attached hydrogen (secondary N) is 1. The fraction of sp³-hybridized carbons (Fsp3) is 0.917. The molecule has 0 saturated heterocycles. The van der Waals surface area contributed by atoms with Gasteiger partial charge in [0.1, 0.15) is 0 Å². The first-order chi connectivity index (χ1) is 7.28. The van der Waals surface area contributed by atoms with Gasteiger partial charge < -0.3 is 10.4 Å². The third-order valence-electron chi connectivity index (χ3n) is 2.51. The van der Waals surface area contributed by atoms with Gasteiger partial charge in [0, 0.05) is 13.1 Å². The van der Waals surface area contributed by atoms with E-state index < -0.39 is 5.60 Å². The highest BCUT2D eigenvalue weighted by atomic mass is 16.3. The Kier molecular flexibility index (Phi) is 6.60. The molecule has 0 aliphatic heterocycles. The fourth-order valence-electron chi connectivity index (χ4n) is 1.48. The molecule has 96 valence electrons. The molecule has 0 aromatic rings. The largest absolute Gasteiger partial charge is 0.389 e. The fourth-order valence-corrected chi connectivity index (χ4v) is 1.48. The molecule has 0 aromatic heterocycles. The monoisotopic (exact) mass is 230 g/mol. The summed E-state index contributed by atoms with van der Waals surface area (Å²) in [6.07, 6.45) is 2.09. The highest BCUT2D eigenvalue weighted by molar-refractivity contribution is 5.81. The Bertz CT molecular complexity index is 212. The van der Waals surface area contributed by atoms with Gasteiger partial charge in [-0.25, -0.2) is 0 Å². The minimum atomic E-state index is -0.771. The topological polar surface area (TPSA) is 52.6 Å². The second-order valence-corrected chi connectivity index (χ2v) is 5.05. The average molecular weight is 230 g/mol. The zero-order valence-corrected chi connectivity index (χ0v) is 11.2. The summed E-state index contributed by atoms with van der Waals surface area (Å²) < 4.78 is 0. The summed E-state index contributed by atoms with van der Waals surface area (Å²) in [6.45, 7) is 8.64. The van der Waals surface area contributed by atoms with Crippen molar-refractivity contribution in [3.63, 3.8) is 0 Å². The lowest BCUT2D eigenvalue weighted by molar-refractivity contribution is -0.126. The van der Waals surface area contributed by atoms with Crippen LogP contribution in [0.3, 0.4) is 0 Å². The summed E-state index contributed by atoms with van der Waals surface area (Å²) in [6, 6.07) is -0.205. The molecule has 4 heteroatoms. The average Bonchev–Trinajstić information content (AvgIpc) is 2.14. The third kappa shape index (κ3) is 6.80. The minimum Gasteiger partial charge on any atom is -0.389 e. The van der Waals surface area contributed by atoms with Crippen LogP contribution >= 0.6 is 0 Å². The lowest BCUT2D eigenvalue weighted by Crippen LogP contribution is -2.48. The Balaban J connectivity index is 4.01. The molecule has 1 unspecified atom stereocenters. The van der Waals surface area contributed by atoms with Crippen molar-refractivity contribution in [1.82, 2.24) is 10.2 Å². The SMILES string of the molecule is CCCCNC(=O)C(C)N(C)CC(C)(C)O. The van der Waals surface area contributed by atoms with Crippen molar-refractivity contribution in [2.45, 2.75) is 52.2 Å². The van der Waals surface area contributed by atoms with E-state index in [1.165, 1.54) is 0 Å². The summed E-state index contributed by atoms with van der Waals surface area (Å²) in [5.41, 5.74) is -0.771. The Labute approximate surface area is 99.0 Å². The van der Waals surface area contributed by atoms with Gasteiger partial charge in [-0.2, -0.15) is 0 Å². The Morgan fingerprint density at radius 1 is 1.50 bits per heavy atom. The van der Waals surface area contributed by atoms with Gasteiger partial charge in [-0.15, -0.1) is 0 Å². The number of likely N-dealkylation sites (N-methyl/N-ethyl adjacent to an activating group) is 1. The summed E-state index contributed by atoms with van der Waals surface area (Å²) >= 11 is 0. The van der Waals surface area contributed by atoms with Gasteiger partial charge in [-0.05, 0) is 34.2 Å². The summed E-state index contributed by atoms with van der Waals surface area (Å²) in [5, 5.41) is 12.5. The van der Waals surface area contributed by atoms with Gasteiger partial charge in [-0.1, -0.05) is 13.3 Å². The first kappa shape index (κ1) is 15.4. The molecule has 0 aromatic carbocycles. The van der Waals surface area contributed by atoms with Crippen molar-refractivity contribution >= 4 is 5.91 Å². The third-order valence-corrected chi connectivity index (χ3v) is 2.51. The zero-order chi connectivity index (χ0) is 12.8. The molecule has 0 radical (unpaired) electrons. The van der Waals surface area contributed by atoms with E-state index >= 15 is 0 Å². The highest BCUT2D eigenvalue weighted by Crippen LogP contribution is 2.06. The smallest absolute Gasteiger partial charge is 0.237 e. The van der Waals surface area contributed by atoms with Crippen molar-refractivity contribution in [1.29, 1.82) is 0 Å². The van der Waals surface area contributed by atoms with E-state index in [0.717, 1.165) is 19.4 Å². The molecular weight excluding hydrogens is 204 g/mol. The second kappa shape index (κ2) is 6.86. The molecule has 0 heterocycles. The van der Waals surface area contributed by atoms with Gasteiger partial charge >= 0.3 is 0 Å². The number of carbonyl (C=O) groups is 1. The van der Waals surface area contributed by atoms with Crippen LogP contribution in [0.1, 0.15) is 40.5 Å². The molecule has 1 atom stereocenters. The molecule has 1 amide bonds. The summed E-state index contributed by atoms with van der Waals surface area (Å²) in [5.74, 6) is 0.0280. The van der Waals surface area contributed by atoms with Crippen molar-refractivity contribution in [3.8, 4) is 0 Å². The van der Waals surface area contributed by atoms with Gasteiger partial charge in [0.15, 0.2) is 0 Å². The number of aliphatic hydroxyl groups is 1. The van der Waals surface area contributed by atoms with Crippen molar-refractivity contribution < 1.29 is 9.90 Å². The molecule has 2 N–H and O–H groups in total. The molecule has 0 bridgehead atoms. The van der Waals surface area contributed by atoms with Crippen LogP contribution in [-0.2, 0) is 4.79 Å². The molecule has 4 nitrogen and oxygen atoms in total. The number of carbonyl (C=O) groups excluding carboxylic acids is 1. The highest BCUT2D eigenvalue weighted by Gasteiger charge is 2.23. The maximum atomic E-state index is 11.7. The standard InChI is InChI=1S/C12H26N2O2/c1-6-7-8-13-11(15)10(2)14(5)9-12(3,4)16/h10,16H,6-9H2,1-5H3,(H,13,15). The van der Waals surface area contributed by atoms with Crippen LogP contribution in [-0.4, -0.2) is 47.7 Å². The predicted molar refractivity (Wildman–Crippen MR) is 66.3 cm³/mol. The maximum absolute atomic E-state index is 11.7. The number of amides is 1. The quantitative estimate of drug-likeness (QED) is 0.641. The zero-order valence-electron chi connectivity index (χ0n) is 11.2. The number of rotatable bonds is 7. The van der Waals surface area contributed by atoms with E-state index in [0.29, 0.717) is 6.54 Å². The van der Waals surface area contributed by atoms with Gasteiger partial charge in [0.25, 0.3) is 0 Å². The number of nitrogens with zero attached hydrogens (tertiary/aromatic N) is 1. The molecule has 0 saturated carbocycles. The first-order valence-electron chi connectivity index (χ1n) is 5.98. The maximum Gasteiger partial charge on any atom is 0.237 e. The van der Waals surface area contributed by atoms with Crippen LogP contribution < -0.4 is 5.32 Å². The molecule has 16 heavy (non-hydrogen) atoms. The van der Waals surface area contributed by atoms with Crippen LogP contribution in [0.4, 0.5) is 0 Å². The predicted octanol–water partition coefficient (Wildman–Crippen LogP) is 0.994. The van der Waals surface area contributed by atoms with Crippen molar-refractivity contribution in [2.24, 2.45) is 0 Å². The van der Waals surface area contributed by atoms with Crippen LogP contribution in [0.25, 0.3) is 0 Å². The normalized spacial score (nSPS) is 13.9. The van der Waals surface area contributed by atoms with Crippen molar-refractivity contribution in [2.75, 3.05) is 20.1 Å². The van der Waals surface area contributed by atoms with E-state index in [9.17, 15) is 9.90 Å². The number of hydrogen-bond donors (Lipinski definition) is 2. The van der Waals surface area contributed by atoms with Crippen LogP contribution in [0.5, 0.6) is 0 Å². The summed E-state index contributed by atoms with van der Waals surface area (Å²) in [7, 11) is 1.85. The second-order valence-electron chi connectivity index (χ2n) is 5.05. The molecule has 0 rings (SSSR count). The lowest BCUT2D eigenvalue weighted by Gasteiger charge is -2.29. The van der Waals surface area contributed by atoms with E-state index in [4.69, 9.17) is 0 Å². The molecule has 0 spiro atoms. The number of unbranched alkanes of at least 4 members (excludes halogenated alkanes) is 1. The van der Waals surface area contributed by atoms with Crippen LogP contribution in [0.15, 0.2) is 0 Å². The van der Waals surface area contributed by atoms with Gasteiger partial charge in [0.05, 0.1) is 11.6 Å². The van der Waals surface area contributed by atoms with Crippen LogP contribution in [0, 0.1) is 0 Å². The Morgan fingerprint density at radius 3 is 2.50 bits per heavy atom. The molecular formula is C12H26N2O2. The minimum absolute atomic E-state index is 0.0280. The molecule has 0 aliphatic carbocycles. The Hall–Kier alpha value is -0.610. The molecule has 0 aliphatic rings.